The Bertz CT molecular complexity index is 1080. The minimum absolute atomic E-state index is 0.0513. The van der Waals surface area contributed by atoms with Crippen molar-refractivity contribution in [1.29, 1.82) is 0 Å². The number of amides is 2. The maximum Gasteiger partial charge on any atom is 0.312 e. The lowest BCUT2D eigenvalue weighted by Gasteiger charge is -2.37. The number of fused-ring (bicyclic) bond motifs is 1. The molecule has 0 aliphatic carbocycles. The molecule has 39 heavy (non-hydrogen) atoms. The van der Waals surface area contributed by atoms with Crippen LogP contribution in [-0.2, 0) is 23.9 Å². The van der Waals surface area contributed by atoms with E-state index < -0.39 is 35.0 Å². The van der Waals surface area contributed by atoms with E-state index in [2.05, 4.69) is 6.58 Å². The highest BCUT2D eigenvalue weighted by atomic mass is 16.6. The number of ether oxygens (including phenoxy) is 3. The fourth-order valence-electron chi connectivity index (χ4n) is 6.96. The topological polar surface area (TPSA) is 106 Å². The molecule has 1 N–H and O–H groups in total. The van der Waals surface area contributed by atoms with Crippen LogP contribution >= 0.6 is 0 Å². The molecule has 3 aliphatic heterocycles. The van der Waals surface area contributed by atoms with Gasteiger partial charge in [-0.1, -0.05) is 25.8 Å². The second kappa shape index (κ2) is 11.7. The SMILES string of the molecule is C=CCN(C(=O)C1N(CCCCCCO)C(=O)[C@@H]2[C@@H](C(=O)OCC)[C@]3(C)OC12CC3C)c1ccc(OC)cc1. The van der Waals surface area contributed by atoms with Crippen molar-refractivity contribution in [3.8, 4) is 5.75 Å². The van der Waals surface area contributed by atoms with E-state index in [1.165, 1.54) is 0 Å². The number of carbonyl (C=O) groups excluding carboxylic acids is 3. The van der Waals surface area contributed by atoms with Gasteiger partial charge in [0.2, 0.25) is 5.91 Å². The number of carbonyl (C=O) groups is 3. The Morgan fingerprint density at radius 1 is 1.23 bits per heavy atom. The smallest absolute Gasteiger partial charge is 0.312 e. The molecule has 2 bridgehead atoms. The van der Waals surface area contributed by atoms with Gasteiger partial charge in [0.25, 0.3) is 5.91 Å². The van der Waals surface area contributed by atoms with Crippen molar-refractivity contribution in [3.05, 3.63) is 36.9 Å². The monoisotopic (exact) mass is 542 g/mol. The highest BCUT2D eigenvalue weighted by molar-refractivity contribution is 6.04. The molecule has 0 saturated carbocycles. The standard InChI is InChI=1S/C30H42N2O7/c1-6-16-31(21-12-14-22(37-5)15-13-21)27(35)25-30-19-20(3)29(4,39-30)24(28(36)38-7-2)23(30)26(34)32(25)17-10-8-9-11-18-33/h6,12-15,20,23-25,33H,1,7-11,16-19H2,2-5H3/t20?,23-,24-,25?,29+,30?/m0/s1. The van der Waals surface area contributed by atoms with Gasteiger partial charge in [0.1, 0.15) is 23.3 Å². The lowest BCUT2D eigenvalue weighted by molar-refractivity contribution is -0.161. The van der Waals surface area contributed by atoms with Crippen molar-refractivity contribution in [1.82, 2.24) is 4.90 Å². The number of likely N-dealkylation sites (tertiary alicyclic amines) is 1. The minimum Gasteiger partial charge on any atom is -0.497 e. The average Bonchev–Trinajstić information content (AvgIpc) is 3.43. The summed E-state index contributed by atoms with van der Waals surface area (Å²) in [6.45, 7) is 10.4. The Kier molecular flexibility index (Phi) is 8.71. The van der Waals surface area contributed by atoms with E-state index in [1.807, 2.05) is 26.0 Å². The van der Waals surface area contributed by atoms with Gasteiger partial charge in [-0.3, -0.25) is 14.4 Å². The number of benzene rings is 1. The van der Waals surface area contributed by atoms with Gasteiger partial charge in [-0.25, -0.2) is 0 Å². The largest absolute Gasteiger partial charge is 0.497 e. The number of nitrogens with zero attached hydrogens (tertiary/aromatic N) is 2. The first kappa shape index (κ1) is 29.1. The number of aliphatic hydroxyl groups excluding tert-OH is 1. The number of rotatable bonds is 13. The van der Waals surface area contributed by atoms with Gasteiger partial charge in [-0.2, -0.15) is 0 Å². The third-order valence-corrected chi connectivity index (χ3v) is 8.86. The van der Waals surface area contributed by atoms with Crippen LogP contribution in [0.3, 0.4) is 0 Å². The normalized spacial score (nSPS) is 30.8. The number of unbranched alkanes of at least 4 members (excludes halogenated alkanes) is 3. The maximum absolute atomic E-state index is 14.5. The fourth-order valence-corrected chi connectivity index (χ4v) is 6.96. The van der Waals surface area contributed by atoms with Gasteiger partial charge in [-0.05, 0) is 63.3 Å². The molecule has 3 aliphatic rings. The zero-order valence-electron chi connectivity index (χ0n) is 23.6. The van der Waals surface area contributed by atoms with Crippen LogP contribution in [0.1, 0.15) is 52.9 Å². The van der Waals surface area contributed by atoms with Crippen LogP contribution in [0.5, 0.6) is 5.75 Å². The van der Waals surface area contributed by atoms with Crippen molar-refractivity contribution in [2.24, 2.45) is 17.8 Å². The van der Waals surface area contributed by atoms with E-state index >= 15 is 0 Å². The van der Waals surface area contributed by atoms with Crippen LogP contribution < -0.4 is 9.64 Å². The van der Waals surface area contributed by atoms with Gasteiger partial charge in [0, 0.05) is 25.4 Å². The van der Waals surface area contributed by atoms with E-state index in [-0.39, 0.29) is 37.5 Å². The highest BCUT2D eigenvalue weighted by Gasteiger charge is 2.80. The predicted molar refractivity (Wildman–Crippen MR) is 146 cm³/mol. The third-order valence-electron chi connectivity index (χ3n) is 8.86. The molecule has 3 fully saturated rings. The summed E-state index contributed by atoms with van der Waals surface area (Å²) >= 11 is 0. The summed E-state index contributed by atoms with van der Waals surface area (Å²) in [6.07, 6.45) is 5.17. The van der Waals surface area contributed by atoms with Crippen LogP contribution in [0, 0.1) is 17.8 Å². The molecule has 3 heterocycles. The highest BCUT2D eigenvalue weighted by Crippen LogP contribution is 2.65. The number of aliphatic hydroxyl groups is 1. The van der Waals surface area contributed by atoms with E-state index in [1.54, 1.807) is 42.0 Å². The molecule has 1 aromatic rings. The lowest BCUT2D eigenvalue weighted by Crippen LogP contribution is -2.57. The second-order valence-corrected chi connectivity index (χ2v) is 11.1. The van der Waals surface area contributed by atoms with Gasteiger partial charge in [0.05, 0.1) is 25.2 Å². The third kappa shape index (κ3) is 4.84. The molecular formula is C30H42N2O7. The maximum atomic E-state index is 14.5. The average molecular weight is 543 g/mol. The first-order valence-corrected chi connectivity index (χ1v) is 14.0. The van der Waals surface area contributed by atoms with Crippen LogP contribution in [0.15, 0.2) is 36.9 Å². The summed E-state index contributed by atoms with van der Waals surface area (Å²) in [6, 6.07) is 6.30. The van der Waals surface area contributed by atoms with Crippen molar-refractivity contribution < 1.29 is 33.7 Å². The summed E-state index contributed by atoms with van der Waals surface area (Å²) in [5.41, 5.74) is -1.37. The van der Waals surface area contributed by atoms with E-state index in [9.17, 15) is 14.4 Å². The van der Waals surface area contributed by atoms with E-state index in [4.69, 9.17) is 19.3 Å². The number of esters is 1. The summed E-state index contributed by atoms with van der Waals surface area (Å²) in [5, 5.41) is 9.15. The molecular weight excluding hydrogens is 500 g/mol. The molecule has 6 atom stereocenters. The van der Waals surface area contributed by atoms with Gasteiger partial charge in [-0.15, -0.1) is 6.58 Å². The van der Waals surface area contributed by atoms with Crippen molar-refractivity contribution >= 4 is 23.5 Å². The zero-order valence-corrected chi connectivity index (χ0v) is 23.6. The quantitative estimate of drug-likeness (QED) is 0.232. The molecule has 9 heteroatoms. The van der Waals surface area contributed by atoms with Gasteiger partial charge < -0.3 is 29.1 Å². The van der Waals surface area contributed by atoms with Crippen LogP contribution in [0.25, 0.3) is 0 Å². The summed E-state index contributed by atoms with van der Waals surface area (Å²) in [4.78, 5) is 45.3. The summed E-state index contributed by atoms with van der Waals surface area (Å²) < 4.78 is 17.5. The van der Waals surface area contributed by atoms with Crippen LogP contribution in [0.4, 0.5) is 5.69 Å². The number of methoxy groups -OCH3 is 1. The first-order valence-electron chi connectivity index (χ1n) is 14.0. The van der Waals surface area contributed by atoms with Gasteiger partial charge >= 0.3 is 5.97 Å². The molecule has 1 spiro atoms. The molecule has 4 rings (SSSR count). The Labute approximate surface area is 231 Å². The number of hydrogen-bond donors (Lipinski definition) is 1. The molecule has 3 unspecified atom stereocenters. The fraction of sp³-hybridized carbons (Fsp3) is 0.633. The predicted octanol–water partition coefficient (Wildman–Crippen LogP) is 3.34. The van der Waals surface area contributed by atoms with Crippen LogP contribution in [-0.4, -0.2) is 78.4 Å². The van der Waals surface area contributed by atoms with Crippen molar-refractivity contribution in [3.63, 3.8) is 0 Å². The molecule has 0 radical (unpaired) electrons. The van der Waals surface area contributed by atoms with E-state index in [0.29, 0.717) is 37.2 Å². The lowest BCUT2D eigenvalue weighted by atomic mass is 9.62. The molecule has 3 saturated heterocycles. The Hall–Kier alpha value is -2.91. The minimum atomic E-state index is -1.13. The Morgan fingerprint density at radius 2 is 1.92 bits per heavy atom. The summed E-state index contributed by atoms with van der Waals surface area (Å²) in [5.74, 6) is -1.88. The first-order chi connectivity index (χ1) is 18.7. The molecule has 9 nitrogen and oxygen atoms in total. The van der Waals surface area contributed by atoms with Crippen molar-refractivity contribution in [2.45, 2.75) is 70.1 Å². The number of hydrogen-bond acceptors (Lipinski definition) is 7. The van der Waals surface area contributed by atoms with Crippen LogP contribution in [0.2, 0.25) is 0 Å². The van der Waals surface area contributed by atoms with Crippen molar-refractivity contribution in [2.75, 3.05) is 38.3 Å². The second-order valence-electron chi connectivity index (χ2n) is 11.1. The number of anilines is 1. The molecule has 0 aromatic heterocycles. The van der Waals surface area contributed by atoms with E-state index in [0.717, 1.165) is 12.8 Å². The molecule has 2 amide bonds. The summed E-state index contributed by atoms with van der Waals surface area (Å²) in [7, 11) is 1.58. The van der Waals surface area contributed by atoms with Gasteiger partial charge in [0.15, 0.2) is 0 Å². The Balaban J connectivity index is 1.75. The molecule has 214 valence electrons. The zero-order chi connectivity index (χ0) is 28.4. The Morgan fingerprint density at radius 3 is 2.54 bits per heavy atom. The molecule has 1 aromatic carbocycles.